The predicted octanol–water partition coefficient (Wildman–Crippen LogP) is 7.62. The molecule has 280 valence electrons. The van der Waals surface area contributed by atoms with E-state index in [1.807, 2.05) is 39.2 Å². The highest BCUT2D eigenvalue weighted by Crippen LogP contribution is 2.38. The molecule has 3 aromatic carbocycles. The first-order chi connectivity index (χ1) is 24.2. The lowest BCUT2D eigenvalue weighted by atomic mass is 9.97. The Morgan fingerprint density at radius 1 is 0.961 bits per heavy atom. The molecule has 3 aromatic rings. The van der Waals surface area contributed by atoms with Gasteiger partial charge in [-0.3, -0.25) is 8.98 Å². The zero-order chi connectivity index (χ0) is 37.1. The molecule has 1 aliphatic heterocycles. The molecule has 1 saturated heterocycles. The van der Waals surface area contributed by atoms with Gasteiger partial charge in [-0.05, 0) is 66.4 Å². The molecular formula is C40H56O8S2Si. The van der Waals surface area contributed by atoms with Gasteiger partial charge in [0.05, 0.1) is 30.2 Å². The van der Waals surface area contributed by atoms with E-state index in [1.54, 1.807) is 12.1 Å². The third-order valence-corrected chi connectivity index (χ3v) is 16.0. The quantitative estimate of drug-likeness (QED) is 0.0597. The van der Waals surface area contributed by atoms with Gasteiger partial charge in [-0.1, -0.05) is 113 Å². The molecule has 11 heteroatoms. The summed E-state index contributed by atoms with van der Waals surface area (Å²) >= 11 is 1.48. The maximum absolute atomic E-state index is 13.9. The number of hydrogen-bond donors (Lipinski definition) is 0. The summed E-state index contributed by atoms with van der Waals surface area (Å²) in [5, 5.41) is 2.24. The third-order valence-electron chi connectivity index (χ3n) is 9.29. The second-order valence-electron chi connectivity index (χ2n) is 14.6. The summed E-state index contributed by atoms with van der Waals surface area (Å²) in [7, 11) is -6.65. The zero-order valence-corrected chi connectivity index (χ0v) is 33.9. The Morgan fingerprint density at radius 2 is 1.57 bits per heavy atom. The summed E-state index contributed by atoms with van der Waals surface area (Å²) in [5.74, 6) is -1.41. The van der Waals surface area contributed by atoms with Crippen LogP contribution in [0.2, 0.25) is 5.04 Å². The number of benzene rings is 3. The van der Waals surface area contributed by atoms with Crippen molar-refractivity contribution >= 4 is 46.4 Å². The second kappa shape index (κ2) is 18.6. The van der Waals surface area contributed by atoms with E-state index in [2.05, 4.69) is 69.3 Å². The van der Waals surface area contributed by atoms with Gasteiger partial charge in [-0.2, -0.15) is 8.42 Å². The van der Waals surface area contributed by atoms with E-state index in [0.717, 1.165) is 5.56 Å². The summed E-state index contributed by atoms with van der Waals surface area (Å²) in [6.45, 7) is 13.1. The van der Waals surface area contributed by atoms with E-state index in [-0.39, 0.29) is 46.7 Å². The van der Waals surface area contributed by atoms with Gasteiger partial charge in [0.15, 0.2) is 12.1 Å². The minimum Gasteiger partial charge on any atom is -0.405 e. The van der Waals surface area contributed by atoms with Gasteiger partial charge < -0.3 is 18.6 Å². The molecule has 4 rings (SSSR count). The Morgan fingerprint density at radius 3 is 2.12 bits per heavy atom. The lowest BCUT2D eigenvalue weighted by molar-refractivity contribution is -0.319. The highest BCUT2D eigenvalue weighted by atomic mass is 32.2. The van der Waals surface area contributed by atoms with Crippen LogP contribution >= 0.6 is 11.8 Å². The number of aryl methyl sites for hydroxylation is 1. The van der Waals surface area contributed by atoms with E-state index in [4.69, 9.17) is 22.8 Å². The fourth-order valence-corrected chi connectivity index (χ4v) is 12.4. The fraction of sp³-hybridized carbons (Fsp3) is 0.525. The van der Waals surface area contributed by atoms with Crippen LogP contribution in [-0.4, -0.2) is 66.1 Å². The number of ether oxygens (including phenoxy) is 3. The van der Waals surface area contributed by atoms with Crippen LogP contribution in [0.1, 0.15) is 78.7 Å². The maximum atomic E-state index is 13.9. The topological polar surface area (TPSA) is 97.4 Å². The monoisotopic (exact) mass is 756 g/mol. The van der Waals surface area contributed by atoms with E-state index in [1.165, 1.54) is 34.3 Å². The van der Waals surface area contributed by atoms with Gasteiger partial charge >= 0.3 is 0 Å². The maximum Gasteiger partial charge on any atom is 0.296 e. The van der Waals surface area contributed by atoms with Crippen LogP contribution in [0, 0.1) is 12.8 Å². The molecule has 51 heavy (non-hydrogen) atoms. The normalized spacial score (nSPS) is 20.5. The van der Waals surface area contributed by atoms with Gasteiger partial charge in [-0.25, -0.2) is 0 Å². The number of carbonyl (C=O) groups is 1. The van der Waals surface area contributed by atoms with Crippen LogP contribution in [0.5, 0.6) is 0 Å². The smallest absolute Gasteiger partial charge is 0.296 e. The average molecular weight is 757 g/mol. The van der Waals surface area contributed by atoms with Crippen LogP contribution in [-0.2, 0) is 37.7 Å². The first-order valence-corrected chi connectivity index (χ1v) is 22.7. The predicted molar refractivity (Wildman–Crippen MR) is 207 cm³/mol. The van der Waals surface area contributed by atoms with Gasteiger partial charge in [0, 0.05) is 18.8 Å². The molecule has 0 bridgehead atoms. The van der Waals surface area contributed by atoms with Crippen molar-refractivity contribution in [3.05, 3.63) is 90.5 Å². The van der Waals surface area contributed by atoms with Crippen LogP contribution in [0.4, 0.5) is 0 Å². The number of ketones is 1. The Hall–Kier alpha value is -2.35. The molecule has 3 unspecified atom stereocenters. The van der Waals surface area contributed by atoms with Crippen LogP contribution < -0.4 is 10.4 Å². The highest BCUT2D eigenvalue weighted by molar-refractivity contribution is 7.98. The largest absolute Gasteiger partial charge is 0.405 e. The Bertz CT molecular complexity index is 1570. The first-order valence-electron chi connectivity index (χ1n) is 17.9. The van der Waals surface area contributed by atoms with Gasteiger partial charge in [0.1, 0.15) is 0 Å². The van der Waals surface area contributed by atoms with Gasteiger partial charge in [0.2, 0.25) is 5.79 Å². The molecule has 0 spiro atoms. The minimum absolute atomic E-state index is 0.0201. The summed E-state index contributed by atoms with van der Waals surface area (Å²) in [6, 6.07) is 27.7. The lowest BCUT2D eigenvalue weighted by Crippen LogP contribution is -2.67. The first kappa shape index (κ1) is 41.4. The molecule has 0 radical (unpaired) electrons. The van der Waals surface area contributed by atoms with Crippen LogP contribution in [0.15, 0.2) is 89.8 Å². The molecule has 0 aliphatic carbocycles. The van der Waals surface area contributed by atoms with Crippen molar-refractivity contribution in [2.45, 2.75) is 108 Å². The average Bonchev–Trinajstić information content (AvgIpc) is 3.09. The SMILES string of the molecule is CSCOC1(C(=O)CCCCOS(=O)(=O)c2ccc(C)cc2)CCCC(CO[Si](c2ccccc2)(c2ccccc2)C(C)(C)C)OC(C(C)C)O1. The molecule has 1 aliphatic rings. The number of unbranched alkanes of at least 4 members (excludes halogenated alkanes) is 1. The second-order valence-corrected chi connectivity index (χ2v) is 21.4. The molecule has 1 heterocycles. The molecular weight excluding hydrogens is 701 g/mol. The molecule has 0 saturated carbocycles. The summed E-state index contributed by atoms with van der Waals surface area (Å²) in [6.07, 6.45) is 3.64. The van der Waals surface area contributed by atoms with Crippen molar-refractivity contribution in [3.63, 3.8) is 0 Å². The number of carbonyl (C=O) groups excluding carboxylic acids is 1. The molecule has 1 fully saturated rings. The van der Waals surface area contributed by atoms with Crippen LogP contribution in [0.25, 0.3) is 0 Å². The molecule has 0 amide bonds. The zero-order valence-electron chi connectivity index (χ0n) is 31.3. The third kappa shape index (κ3) is 10.6. The lowest BCUT2D eigenvalue weighted by Gasteiger charge is -2.45. The van der Waals surface area contributed by atoms with Crippen molar-refractivity contribution in [2.75, 3.05) is 25.4 Å². The fourth-order valence-electron chi connectivity index (χ4n) is 6.56. The van der Waals surface area contributed by atoms with Crippen LogP contribution in [0.3, 0.4) is 0 Å². The Balaban J connectivity index is 1.46. The van der Waals surface area contributed by atoms with Crippen molar-refractivity contribution in [3.8, 4) is 0 Å². The number of hydrogen-bond acceptors (Lipinski definition) is 9. The van der Waals surface area contributed by atoms with E-state index in [9.17, 15) is 13.2 Å². The number of Topliss-reactive ketones (excluding diaryl/α,β-unsaturated/α-hetero) is 1. The van der Waals surface area contributed by atoms with Crippen molar-refractivity contribution in [2.24, 2.45) is 5.92 Å². The van der Waals surface area contributed by atoms with Gasteiger partial charge in [-0.15, -0.1) is 11.8 Å². The standard InChI is InChI=1S/C40H56O8S2Si/c1-31(2)38-47-33(29-46-51(39(4,5)6,35-18-10-8-11-19-35)36-20-12-9-13-21-36)17-16-27-40(48-38,44-30-49-7)37(41)22-14-15-28-45-50(42,43)34-25-23-32(3)24-26-34/h8-13,18-21,23-26,31,33,38H,14-17,22,27-30H2,1-7H3. The van der Waals surface area contributed by atoms with E-state index in [0.29, 0.717) is 38.7 Å². The molecule has 0 aromatic heterocycles. The molecule has 0 N–H and O–H groups in total. The van der Waals surface area contributed by atoms with E-state index < -0.39 is 30.5 Å². The van der Waals surface area contributed by atoms with Gasteiger partial charge in [0.25, 0.3) is 18.4 Å². The Labute approximate surface area is 311 Å². The molecule has 3 atom stereocenters. The minimum atomic E-state index is -3.87. The Kier molecular flexibility index (Phi) is 15.1. The van der Waals surface area contributed by atoms with E-state index >= 15 is 0 Å². The summed E-state index contributed by atoms with van der Waals surface area (Å²) < 4.78 is 57.2. The highest BCUT2D eigenvalue weighted by Gasteiger charge is 2.51. The molecule has 8 nitrogen and oxygen atoms in total. The summed E-state index contributed by atoms with van der Waals surface area (Å²) in [5.41, 5.74) is 0.964. The van der Waals surface area contributed by atoms with Crippen molar-refractivity contribution < 1.29 is 36.0 Å². The summed E-state index contributed by atoms with van der Waals surface area (Å²) in [4.78, 5) is 14.1. The van der Waals surface area contributed by atoms with Crippen molar-refractivity contribution in [1.82, 2.24) is 0 Å². The number of thioether (sulfide) groups is 1. The number of rotatable bonds is 17. The van der Waals surface area contributed by atoms with Crippen molar-refractivity contribution in [1.29, 1.82) is 0 Å².